The number of ether oxygens (including phenoxy) is 1. The maximum atomic E-state index is 8.15. The molecule has 0 bridgehead atoms. The molecular formula is C14H26O4S+2. The van der Waals surface area contributed by atoms with Gasteiger partial charge in [0.05, 0.1) is 12.7 Å². The highest BCUT2D eigenvalue weighted by atomic mass is 32.3. The van der Waals surface area contributed by atoms with Gasteiger partial charge >= 0.3 is 10.9 Å². The van der Waals surface area contributed by atoms with Crippen molar-refractivity contribution in [1.29, 1.82) is 0 Å². The lowest BCUT2D eigenvalue weighted by Gasteiger charge is -2.29. The van der Waals surface area contributed by atoms with E-state index in [1.54, 1.807) is 12.1 Å². The molecule has 0 aliphatic heterocycles. The first kappa shape index (κ1) is 16.5. The molecule has 4 N–H and O–H groups in total. The molecule has 0 unspecified atom stereocenters. The predicted molar refractivity (Wildman–Crippen MR) is 80.5 cm³/mol. The van der Waals surface area contributed by atoms with E-state index in [4.69, 9.17) is 18.0 Å². The molecule has 4 nitrogen and oxygen atoms in total. The van der Waals surface area contributed by atoms with Crippen LogP contribution in [0.15, 0.2) is 29.2 Å². The molecule has 0 fully saturated rings. The van der Waals surface area contributed by atoms with Crippen molar-refractivity contribution >= 4 is 10.9 Å². The van der Waals surface area contributed by atoms with Crippen LogP contribution in [0.2, 0.25) is 0 Å². The van der Waals surface area contributed by atoms with Gasteiger partial charge in [-0.3, -0.25) is 0 Å². The van der Waals surface area contributed by atoms with E-state index >= 15 is 0 Å². The highest BCUT2D eigenvalue weighted by molar-refractivity contribution is 8.20. The fourth-order valence-corrected chi connectivity index (χ4v) is 2.85. The largest absolute Gasteiger partial charge is 0.376 e. The van der Waals surface area contributed by atoms with Crippen molar-refractivity contribution < 1.29 is 18.0 Å². The molecule has 1 aromatic rings. The third kappa shape index (κ3) is 5.50. The Bertz CT molecular complexity index is 398. The van der Waals surface area contributed by atoms with E-state index in [1.165, 1.54) is 0 Å². The van der Waals surface area contributed by atoms with Gasteiger partial charge in [-0.15, -0.1) is 0 Å². The molecule has 0 aliphatic carbocycles. The summed E-state index contributed by atoms with van der Waals surface area (Å²) in [5.41, 5.74) is 0.468. The van der Waals surface area contributed by atoms with E-state index in [-0.39, 0.29) is 6.10 Å². The summed E-state index contributed by atoms with van der Waals surface area (Å²) < 4.78 is 27.5. The topological polar surface area (TPSA) is 64.3 Å². The Morgan fingerprint density at radius 3 is 2.16 bits per heavy atom. The zero-order valence-electron chi connectivity index (χ0n) is 12.3. The average Bonchev–Trinajstić information content (AvgIpc) is 2.26. The Kier molecular flexibility index (Phi) is 5.41. The number of rotatable bonds is 6. The summed E-state index contributed by atoms with van der Waals surface area (Å²) in [7, 11) is -2.76. The van der Waals surface area contributed by atoms with Gasteiger partial charge in [0.1, 0.15) is 5.60 Å². The Morgan fingerprint density at radius 1 is 1.16 bits per heavy atom. The first-order valence-corrected chi connectivity index (χ1v) is 7.90. The number of aryl methyl sites for hydroxylation is 1. The van der Waals surface area contributed by atoms with E-state index < -0.39 is 16.5 Å². The van der Waals surface area contributed by atoms with Crippen molar-refractivity contribution in [2.24, 2.45) is 0 Å². The summed E-state index contributed by atoms with van der Waals surface area (Å²) >= 11 is 0. The van der Waals surface area contributed by atoms with E-state index in [0.717, 1.165) is 5.56 Å². The zero-order valence-corrected chi connectivity index (χ0v) is 13.1. The highest BCUT2D eigenvalue weighted by Crippen LogP contribution is 2.52. The van der Waals surface area contributed by atoms with Crippen molar-refractivity contribution in [3.8, 4) is 0 Å². The summed E-state index contributed by atoms with van der Waals surface area (Å²) in [5.74, 6) is 0. The second kappa shape index (κ2) is 6.24. The van der Waals surface area contributed by atoms with E-state index in [9.17, 15) is 0 Å². The molecule has 0 aliphatic rings. The van der Waals surface area contributed by atoms with Gasteiger partial charge in [0, 0.05) is 0 Å². The van der Waals surface area contributed by atoms with Crippen LogP contribution < -0.4 is 0 Å². The van der Waals surface area contributed by atoms with Crippen LogP contribution >= 0.6 is 10.9 Å². The fourth-order valence-electron chi connectivity index (χ4n) is 1.51. The monoisotopic (exact) mass is 290 g/mol. The Balaban J connectivity index is 2.75. The van der Waals surface area contributed by atoms with Crippen LogP contribution in [0.3, 0.4) is 0 Å². The molecule has 110 valence electrons. The van der Waals surface area contributed by atoms with Gasteiger partial charge in [-0.05, 0) is 46.8 Å². The molecule has 0 amide bonds. The van der Waals surface area contributed by atoms with Crippen LogP contribution in [-0.4, -0.2) is 27.4 Å². The predicted octanol–water partition coefficient (Wildman–Crippen LogP) is 2.57. The molecule has 0 aromatic heterocycles. The van der Waals surface area contributed by atoms with E-state index in [0.29, 0.717) is 11.5 Å². The van der Waals surface area contributed by atoms with Gasteiger partial charge in [-0.2, -0.15) is 0 Å². The second-order valence-electron chi connectivity index (χ2n) is 5.57. The van der Waals surface area contributed by atoms with Gasteiger partial charge in [-0.25, -0.2) is 4.18 Å². The van der Waals surface area contributed by atoms with Crippen molar-refractivity contribution in [3.63, 3.8) is 0 Å². The normalized spacial score (nSPS) is 13.9. The van der Waals surface area contributed by atoms with Crippen LogP contribution in [-0.2, 0) is 8.92 Å². The minimum absolute atomic E-state index is 0.114. The first-order chi connectivity index (χ1) is 8.62. The third-order valence-electron chi connectivity index (χ3n) is 2.47. The molecule has 1 rings (SSSR count). The summed E-state index contributed by atoms with van der Waals surface area (Å²) in [4.78, 5) is 0.607. The minimum atomic E-state index is -2.76. The molecule has 5 heteroatoms. The molecule has 1 aromatic carbocycles. The van der Waals surface area contributed by atoms with Crippen LogP contribution in [0.5, 0.6) is 0 Å². The minimum Gasteiger partial charge on any atom is -0.376 e. The van der Waals surface area contributed by atoms with Crippen LogP contribution in [0.1, 0.15) is 33.3 Å². The molecule has 19 heavy (non-hydrogen) atoms. The van der Waals surface area contributed by atoms with Gasteiger partial charge in [0.15, 0.2) is 4.90 Å². The van der Waals surface area contributed by atoms with Gasteiger partial charge in [0.25, 0.3) is 0 Å². The van der Waals surface area contributed by atoms with Crippen molar-refractivity contribution in [3.05, 3.63) is 29.8 Å². The molecule has 0 saturated carbocycles. The SMILES string of the molecule is Cc1ccc(S([OH2+])([OH2+])OC(C)(C)COC(C)C)cc1. The summed E-state index contributed by atoms with van der Waals surface area (Å²) in [6.45, 7) is 9.98. The fraction of sp³-hybridized carbons (Fsp3) is 0.571. The molecule has 0 spiro atoms. The smallest absolute Gasteiger partial charge is 0.355 e. The number of hydrogen-bond donors (Lipinski definition) is 0. The highest BCUT2D eigenvalue weighted by Gasteiger charge is 2.40. The van der Waals surface area contributed by atoms with Crippen LogP contribution in [0.4, 0.5) is 0 Å². The quantitative estimate of drug-likeness (QED) is 0.756. The number of benzene rings is 1. The van der Waals surface area contributed by atoms with Gasteiger partial charge in [0.2, 0.25) is 0 Å². The van der Waals surface area contributed by atoms with Crippen LogP contribution in [0.25, 0.3) is 0 Å². The van der Waals surface area contributed by atoms with E-state index in [1.807, 2.05) is 46.8 Å². The summed E-state index contributed by atoms with van der Waals surface area (Å²) in [5, 5.41) is 0. The van der Waals surface area contributed by atoms with Crippen molar-refractivity contribution in [2.45, 2.75) is 51.2 Å². The van der Waals surface area contributed by atoms with Crippen molar-refractivity contribution in [2.75, 3.05) is 6.61 Å². The standard InChI is InChI=1S/C14H24O4S/c1-11(2)17-10-14(4,5)18-19(15,16)13-8-6-12(3)7-9-13/h6-9,11,15-16H,10H2,1-5H3/p+2. The molecule has 0 saturated heterocycles. The summed E-state index contributed by atoms with van der Waals surface area (Å²) in [6.07, 6.45) is 0.114. The van der Waals surface area contributed by atoms with Gasteiger partial charge < -0.3 is 13.8 Å². The first-order valence-electron chi connectivity index (χ1n) is 6.34. The lowest BCUT2D eigenvalue weighted by atomic mass is 10.2. The summed E-state index contributed by atoms with van der Waals surface area (Å²) in [6, 6.07) is 7.40. The Labute approximate surface area is 117 Å². The second-order valence-corrected chi connectivity index (χ2v) is 7.32. The molecular weight excluding hydrogens is 264 g/mol. The molecule has 0 radical (unpaired) electrons. The lowest BCUT2D eigenvalue weighted by Crippen LogP contribution is -2.33. The zero-order chi connectivity index (χ0) is 14.7. The lowest BCUT2D eigenvalue weighted by molar-refractivity contribution is -0.0304. The van der Waals surface area contributed by atoms with E-state index in [2.05, 4.69) is 0 Å². The molecule has 0 atom stereocenters. The van der Waals surface area contributed by atoms with Crippen molar-refractivity contribution in [1.82, 2.24) is 0 Å². The average molecular weight is 290 g/mol. The van der Waals surface area contributed by atoms with Crippen LogP contribution in [0, 0.1) is 6.92 Å². The molecule has 0 heterocycles. The Morgan fingerprint density at radius 2 is 1.68 bits per heavy atom. The Hall–Kier alpha value is -0.590. The maximum absolute atomic E-state index is 8.15. The maximum Gasteiger partial charge on any atom is 0.355 e. The van der Waals surface area contributed by atoms with Gasteiger partial charge in [-0.1, -0.05) is 17.7 Å². The number of hydrogen-bond acceptors (Lipinski definition) is 2. The third-order valence-corrected chi connectivity index (χ3v) is 4.10.